The van der Waals surface area contributed by atoms with Gasteiger partial charge in [-0.2, -0.15) is 0 Å². The van der Waals surface area contributed by atoms with Gasteiger partial charge in [-0.3, -0.25) is 4.79 Å². The van der Waals surface area contributed by atoms with Gasteiger partial charge in [0.05, 0.1) is 23.7 Å². The summed E-state index contributed by atoms with van der Waals surface area (Å²) in [6, 6.07) is 15.6. The predicted octanol–water partition coefficient (Wildman–Crippen LogP) is 3.11. The van der Waals surface area contributed by atoms with E-state index in [2.05, 4.69) is 20.2 Å². The smallest absolute Gasteiger partial charge is 0.251 e. The lowest BCUT2D eigenvalue weighted by Gasteiger charge is -2.33. The SMILES string of the molecule is COC1CCN(c2ccc(C(=O)NCc3nc4ccccc4[nH]3)cc2)CC1. The third-order valence-electron chi connectivity index (χ3n) is 5.12. The summed E-state index contributed by atoms with van der Waals surface area (Å²) >= 11 is 0. The van der Waals surface area contributed by atoms with Crippen LogP contribution in [0.25, 0.3) is 11.0 Å². The molecule has 4 rings (SSSR count). The van der Waals surface area contributed by atoms with E-state index in [1.165, 1.54) is 0 Å². The molecule has 1 aromatic heterocycles. The van der Waals surface area contributed by atoms with Crippen molar-refractivity contribution < 1.29 is 9.53 Å². The molecule has 0 atom stereocenters. The highest BCUT2D eigenvalue weighted by atomic mass is 16.5. The summed E-state index contributed by atoms with van der Waals surface area (Å²) in [5.41, 5.74) is 3.69. The van der Waals surface area contributed by atoms with E-state index >= 15 is 0 Å². The molecule has 2 N–H and O–H groups in total. The van der Waals surface area contributed by atoms with Crippen molar-refractivity contribution >= 4 is 22.6 Å². The number of para-hydroxylation sites is 2. The van der Waals surface area contributed by atoms with Gasteiger partial charge in [0.15, 0.2) is 0 Å². The lowest BCUT2D eigenvalue weighted by atomic mass is 10.1. The molecule has 27 heavy (non-hydrogen) atoms. The summed E-state index contributed by atoms with van der Waals surface area (Å²) in [6.45, 7) is 2.34. The summed E-state index contributed by atoms with van der Waals surface area (Å²) < 4.78 is 5.42. The number of amides is 1. The number of carbonyl (C=O) groups is 1. The van der Waals surface area contributed by atoms with E-state index in [-0.39, 0.29) is 5.91 Å². The van der Waals surface area contributed by atoms with Crippen molar-refractivity contribution in [3.63, 3.8) is 0 Å². The molecule has 1 fully saturated rings. The molecule has 0 spiro atoms. The number of imidazole rings is 1. The molecular weight excluding hydrogens is 340 g/mol. The summed E-state index contributed by atoms with van der Waals surface area (Å²) in [4.78, 5) is 22.5. The predicted molar refractivity (Wildman–Crippen MR) is 106 cm³/mol. The molecule has 1 amide bonds. The molecule has 3 aromatic rings. The highest BCUT2D eigenvalue weighted by molar-refractivity contribution is 5.94. The van der Waals surface area contributed by atoms with Gasteiger partial charge in [0.2, 0.25) is 0 Å². The van der Waals surface area contributed by atoms with Crippen LogP contribution in [0.5, 0.6) is 0 Å². The molecule has 1 saturated heterocycles. The molecule has 0 aliphatic carbocycles. The lowest BCUT2D eigenvalue weighted by molar-refractivity contribution is 0.0819. The number of ether oxygens (including phenoxy) is 1. The van der Waals surface area contributed by atoms with Crippen molar-refractivity contribution in [1.82, 2.24) is 15.3 Å². The van der Waals surface area contributed by atoms with Crippen molar-refractivity contribution in [2.45, 2.75) is 25.5 Å². The number of carbonyl (C=O) groups excluding carboxylic acids is 1. The second-order valence-electron chi connectivity index (χ2n) is 6.85. The molecule has 2 heterocycles. The van der Waals surface area contributed by atoms with Gasteiger partial charge in [-0.25, -0.2) is 4.98 Å². The van der Waals surface area contributed by atoms with Gasteiger partial charge in [-0.05, 0) is 49.2 Å². The Kier molecular flexibility index (Phi) is 5.07. The number of fused-ring (bicyclic) bond motifs is 1. The van der Waals surface area contributed by atoms with E-state index in [0.29, 0.717) is 18.2 Å². The van der Waals surface area contributed by atoms with Crippen LogP contribution in [0.15, 0.2) is 48.5 Å². The third-order valence-corrected chi connectivity index (χ3v) is 5.12. The number of benzene rings is 2. The van der Waals surface area contributed by atoms with Gasteiger partial charge in [-0.15, -0.1) is 0 Å². The normalized spacial score (nSPS) is 15.2. The van der Waals surface area contributed by atoms with E-state index in [0.717, 1.165) is 48.5 Å². The molecule has 0 saturated carbocycles. The zero-order chi connectivity index (χ0) is 18.6. The van der Waals surface area contributed by atoms with Crippen molar-refractivity contribution in [2.75, 3.05) is 25.1 Å². The number of hydrogen-bond donors (Lipinski definition) is 2. The molecule has 6 nitrogen and oxygen atoms in total. The molecule has 0 bridgehead atoms. The largest absolute Gasteiger partial charge is 0.381 e. The monoisotopic (exact) mass is 364 g/mol. The minimum atomic E-state index is -0.0971. The van der Waals surface area contributed by atoms with Crippen molar-refractivity contribution in [1.29, 1.82) is 0 Å². The molecule has 0 radical (unpaired) electrons. The number of aromatic amines is 1. The average molecular weight is 364 g/mol. The fourth-order valence-electron chi connectivity index (χ4n) is 3.53. The van der Waals surface area contributed by atoms with Crippen molar-refractivity contribution in [2.24, 2.45) is 0 Å². The fourth-order valence-corrected chi connectivity index (χ4v) is 3.53. The lowest BCUT2D eigenvalue weighted by Crippen LogP contribution is -2.36. The quantitative estimate of drug-likeness (QED) is 0.730. The highest BCUT2D eigenvalue weighted by Gasteiger charge is 2.19. The maximum atomic E-state index is 12.4. The number of aromatic nitrogens is 2. The highest BCUT2D eigenvalue weighted by Crippen LogP contribution is 2.21. The minimum Gasteiger partial charge on any atom is -0.381 e. The van der Waals surface area contributed by atoms with Gasteiger partial charge < -0.3 is 19.9 Å². The van der Waals surface area contributed by atoms with E-state index in [1.54, 1.807) is 7.11 Å². The summed E-state index contributed by atoms with van der Waals surface area (Å²) in [5, 5.41) is 2.93. The van der Waals surface area contributed by atoms with Crippen LogP contribution in [0, 0.1) is 0 Å². The van der Waals surface area contributed by atoms with Gasteiger partial charge in [0, 0.05) is 31.5 Å². The fraction of sp³-hybridized carbons (Fsp3) is 0.333. The maximum Gasteiger partial charge on any atom is 0.251 e. The number of anilines is 1. The van der Waals surface area contributed by atoms with Crippen LogP contribution in [0.2, 0.25) is 0 Å². The molecule has 0 unspecified atom stereocenters. The van der Waals surface area contributed by atoms with Crippen molar-refractivity contribution in [3.05, 3.63) is 59.9 Å². The Balaban J connectivity index is 1.35. The topological polar surface area (TPSA) is 70.2 Å². The number of rotatable bonds is 5. The van der Waals surface area contributed by atoms with Crippen LogP contribution >= 0.6 is 0 Å². The molecular formula is C21H24N4O2. The Morgan fingerprint density at radius 1 is 1.19 bits per heavy atom. The first kappa shape index (κ1) is 17.5. The Bertz CT molecular complexity index is 878. The zero-order valence-corrected chi connectivity index (χ0v) is 15.4. The van der Waals surface area contributed by atoms with Gasteiger partial charge in [0.25, 0.3) is 5.91 Å². The van der Waals surface area contributed by atoms with Crippen LogP contribution < -0.4 is 10.2 Å². The van der Waals surface area contributed by atoms with Crippen LogP contribution in [-0.4, -0.2) is 42.2 Å². The van der Waals surface area contributed by atoms with E-state index < -0.39 is 0 Å². The summed E-state index contributed by atoms with van der Waals surface area (Å²) in [5.74, 6) is 0.655. The average Bonchev–Trinajstić information content (AvgIpc) is 3.15. The van der Waals surface area contributed by atoms with E-state index in [9.17, 15) is 4.79 Å². The molecule has 2 aromatic carbocycles. The number of methoxy groups -OCH3 is 1. The third kappa shape index (κ3) is 3.95. The minimum absolute atomic E-state index is 0.0971. The maximum absolute atomic E-state index is 12.4. The van der Waals surface area contributed by atoms with Crippen LogP contribution in [0.3, 0.4) is 0 Å². The van der Waals surface area contributed by atoms with E-state index in [4.69, 9.17) is 4.74 Å². The Labute approximate surface area is 158 Å². The first-order valence-electron chi connectivity index (χ1n) is 9.32. The Hall–Kier alpha value is -2.86. The first-order chi connectivity index (χ1) is 13.2. The molecule has 6 heteroatoms. The summed E-state index contributed by atoms with van der Waals surface area (Å²) in [7, 11) is 1.78. The van der Waals surface area contributed by atoms with Crippen LogP contribution in [0.1, 0.15) is 29.0 Å². The molecule has 1 aliphatic rings. The van der Waals surface area contributed by atoms with Gasteiger partial charge in [-0.1, -0.05) is 12.1 Å². The van der Waals surface area contributed by atoms with Crippen LogP contribution in [-0.2, 0) is 11.3 Å². The van der Waals surface area contributed by atoms with Gasteiger partial charge in [0.1, 0.15) is 5.82 Å². The number of piperidine rings is 1. The molecule has 1 aliphatic heterocycles. The van der Waals surface area contributed by atoms with Gasteiger partial charge >= 0.3 is 0 Å². The van der Waals surface area contributed by atoms with E-state index in [1.807, 2.05) is 48.5 Å². The van der Waals surface area contributed by atoms with Crippen molar-refractivity contribution in [3.8, 4) is 0 Å². The standard InChI is InChI=1S/C21H24N4O2/c1-27-17-10-12-25(13-11-17)16-8-6-15(7-9-16)21(26)22-14-20-23-18-4-2-3-5-19(18)24-20/h2-9,17H,10-14H2,1H3,(H,22,26)(H,23,24). The number of H-pyrrole nitrogens is 1. The molecule has 140 valence electrons. The second kappa shape index (κ2) is 7.80. The zero-order valence-electron chi connectivity index (χ0n) is 15.4. The number of nitrogens with zero attached hydrogens (tertiary/aromatic N) is 2. The number of hydrogen-bond acceptors (Lipinski definition) is 4. The van der Waals surface area contributed by atoms with Crippen LogP contribution in [0.4, 0.5) is 5.69 Å². The Morgan fingerprint density at radius 2 is 1.93 bits per heavy atom. The first-order valence-corrected chi connectivity index (χ1v) is 9.32. The Morgan fingerprint density at radius 3 is 2.63 bits per heavy atom. The second-order valence-corrected chi connectivity index (χ2v) is 6.85. The number of nitrogens with one attached hydrogen (secondary N) is 2. The summed E-state index contributed by atoms with van der Waals surface area (Å²) in [6.07, 6.45) is 2.44.